The molecule has 0 aromatic heterocycles. The third kappa shape index (κ3) is 2.15. The zero-order valence-corrected chi connectivity index (χ0v) is 9.67. The number of unbranched alkanes of at least 4 members (excludes halogenated alkanes) is 1. The van der Waals surface area contributed by atoms with Gasteiger partial charge in [0.25, 0.3) is 0 Å². The van der Waals surface area contributed by atoms with Crippen LogP contribution in [-0.4, -0.2) is 29.3 Å². The molecule has 1 saturated heterocycles. The fourth-order valence-corrected chi connectivity index (χ4v) is 2.85. The van der Waals surface area contributed by atoms with Crippen LogP contribution in [0.4, 0.5) is 0 Å². The molecule has 2 heteroatoms. The minimum Gasteiger partial charge on any atom is -0.295 e. The van der Waals surface area contributed by atoms with E-state index in [4.69, 9.17) is 0 Å². The number of hydrogen-bond acceptors (Lipinski definition) is 2. The third-order valence-corrected chi connectivity index (χ3v) is 3.76. The van der Waals surface area contributed by atoms with Crippen LogP contribution >= 0.6 is 0 Å². The van der Waals surface area contributed by atoms with Crippen LogP contribution in [-0.2, 0) is 4.79 Å². The van der Waals surface area contributed by atoms with Crippen molar-refractivity contribution in [1.82, 2.24) is 4.90 Å². The van der Waals surface area contributed by atoms with E-state index >= 15 is 0 Å². The molecule has 1 spiro atoms. The second kappa shape index (κ2) is 4.48. The SMILES string of the molecule is CCCCN1CCCCC12C=CC(=O)C2. The Labute approximate surface area is 92.3 Å². The zero-order valence-electron chi connectivity index (χ0n) is 9.67. The Bertz CT molecular complexity index is 272. The predicted octanol–water partition coefficient (Wildman–Crippen LogP) is 2.54. The van der Waals surface area contributed by atoms with Gasteiger partial charge in [0.2, 0.25) is 0 Å². The highest BCUT2D eigenvalue weighted by Crippen LogP contribution is 2.36. The van der Waals surface area contributed by atoms with Crippen molar-refractivity contribution < 1.29 is 4.79 Å². The minimum absolute atomic E-state index is 0.116. The van der Waals surface area contributed by atoms with Gasteiger partial charge >= 0.3 is 0 Å². The lowest BCUT2D eigenvalue weighted by Gasteiger charge is -2.43. The zero-order chi connectivity index (χ0) is 10.7. The van der Waals surface area contributed by atoms with Gasteiger partial charge in [-0.05, 0) is 44.8 Å². The van der Waals surface area contributed by atoms with E-state index in [1.54, 1.807) is 6.08 Å². The Morgan fingerprint density at radius 2 is 2.33 bits per heavy atom. The molecule has 1 atom stereocenters. The molecule has 2 nitrogen and oxygen atoms in total. The summed E-state index contributed by atoms with van der Waals surface area (Å²) in [5.41, 5.74) is 0.116. The molecular weight excluding hydrogens is 186 g/mol. The lowest BCUT2D eigenvalue weighted by Crippen LogP contribution is -2.50. The first-order valence-electron chi connectivity index (χ1n) is 6.24. The van der Waals surface area contributed by atoms with E-state index in [0.717, 1.165) is 13.0 Å². The number of likely N-dealkylation sites (tertiary alicyclic amines) is 1. The highest BCUT2D eigenvalue weighted by atomic mass is 16.1. The Hall–Kier alpha value is -0.630. The predicted molar refractivity (Wildman–Crippen MR) is 61.8 cm³/mol. The smallest absolute Gasteiger partial charge is 0.157 e. The van der Waals surface area contributed by atoms with Gasteiger partial charge in [-0.1, -0.05) is 19.4 Å². The highest BCUT2D eigenvalue weighted by Gasteiger charge is 2.40. The highest BCUT2D eigenvalue weighted by molar-refractivity contribution is 5.93. The van der Waals surface area contributed by atoms with Gasteiger partial charge in [0.15, 0.2) is 5.78 Å². The van der Waals surface area contributed by atoms with Crippen LogP contribution in [0.15, 0.2) is 12.2 Å². The van der Waals surface area contributed by atoms with Crippen molar-refractivity contribution in [2.75, 3.05) is 13.1 Å². The summed E-state index contributed by atoms with van der Waals surface area (Å²) >= 11 is 0. The van der Waals surface area contributed by atoms with E-state index in [0.29, 0.717) is 5.78 Å². The van der Waals surface area contributed by atoms with Gasteiger partial charge in [-0.15, -0.1) is 0 Å². The maximum atomic E-state index is 11.4. The Morgan fingerprint density at radius 1 is 1.47 bits per heavy atom. The number of ketones is 1. The average Bonchev–Trinajstić information content (AvgIpc) is 2.60. The molecule has 0 saturated carbocycles. The molecule has 15 heavy (non-hydrogen) atoms. The Morgan fingerprint density at radius 3 is 3.00 bits per heavy atom. The standard InChI is InChI=1S/C13H21NO/c1-2-3-9-14-10-5-4-7-13(14)8-6-12(15)11-13/h6,8H,2-5,7,9-11H2,1H3. The molecule has 2 aliphatic rings. The van der Waals surface area contributed by atoms with Gasteiger partial charge in [-0.2, -0.15) is 0 Å². The summed E-state index contributed by atoms with van der Waals surface area (Å²) in [5, 5.41) is 0. The molecule has 1 aliphatic carbocycles. The van der Waals surface area contributed by atoms with E-state index in [-0.39, 0.29) is 5.54 Å². The maximum absolute atomic E-state index is 11.4. The summed E-state index contributed by atoms with van der Waals surface area (Å²) < 4.78 is 0. The Kier molecular flexibility index (Phi) is 3.25. The van der Waals surface area contributed by atoms with Crippen molar-refractivity contribution in [1.29, 1.82) is 0 Å². The molecule has 0 aromatic rings. The number of nitrogens with zero attached hydrogens (tertiary/aromatic N) is 1. The largest absolute Gasteiger partial charge is 0.295 e. The second-order valence-electron chi connectivity index (χ2n) is 4.88. The minimum atomic E-state index is 0.116. The molecule has 0 amide bonds. The van der Waals surface area contributed by atoms with Crippen LogP contribution in [0.3, 0.4) is 0 Å². The van der Waals surface area contributed by atoms with Crippen LogP contribution in [0, 0.1) is 0 Å². The molecule has 1 heterocycles. The van der Waals surface area contributed by atoms with Gasteiger partial charge in [-0.3, -0.25) is 9.69 Å². The fraction of sp³-hybridized carbons (Fsp3) is 0.769. The van der Waals surface area contributed by atoms with Crippen molar-refractivity contribution in [3.63, 3.8) is 0 Å². The summed E-state index contributed by atoms with van der Waals surface area (Å²) in [4.78, 5) is 14.0. The van der Waals surface area contributed by atoms with Crippen LogP contribution in [0.5, 0.6) is 0 Å². The first-order valence-corrected chi connectivity index (χ1v) is 6.24. The molecule has 0 radical (unpaired) electrons. The number of rotatable bonds is 3. The van der Waals surface area contributed by atoms with E-state index in [1.165, 1.54) is 38.6 Å². The van der Waals surface area contributed by atoms with Gasteiger partial charge in [0, 0.05) is 12.0 Å². The molecule has 0 N–H and O–H groups in total. The van der Waals surface area contributed by atoms with Gasteiger partial charge < -0.3 is 0 Å². The summed E-state index contributed by atoms with van der Waals surface area (Å²) in [7, 11) is 0. The summed E-state index contributed by atoms with van der Waals surface area (Å²) in [6, 6.07) is 0. The topological polar surface area (TPSA) is 20.3 Å². The average molecular weight is 207 g/mol. The monoisotopic (exact) mass is 207 g/mol. The van der Waals surface area contributed by atoms with E-state index in [9.17, 15) is 4.79 Å². The number of piperidine rings is 1. The van der Waals surface area contributed by atoms with Crippen LogP contribution in [0.1, 0.15) is 45.4 Å². The van der Waals surface area contributed by atoms with Crippen molar-refractivity contribution in [3.8, 4) is 0 Å². The van der Waals surface area contributed by atoms with Crippen LogP contribution in [0.2, 0.25) is 0 Å². The van der Waals surface area contributed by atoms with Crippen molar-refractivity contribution >= 4 is 5.78 Å². The first-order chi connectivity index (χ1) is 7.27. The molecule has 1 fully saturated rings. The Balaban J connectivity index is 2.06. The first kappa shape index (κ1) is 10.9. The lowest BCUT2D eigenvalue weighted by atomic mass is 9.85. The summed E-state index contributed by atoms with van der Waals surface area (Å²) in [6.45, 7) is 4.57. The second-order valence-corrected chi connectivity index (χ2v) is 4.88. The van der Waals surface area contributed by atoms with Crippen molar-refractivity contribution in [2.45, 2.75) is 51.0 Å². The number of carbonyl (C=O) groups excluding carboxylic acids is 1. The fourth-order valence-electron chi connectivity index (χ4n) is 2.85. The summed E-state index contributed by atoms with van der Waals surface area (Å²) in [6.07, 6.45) is 11.0. The quantitative estimate of drug-likeness (QED) is 0.709. The lowest BCUT2D eigenvalue weighted by molar-refractivity contribution is -0.116. The number of hydrogen-bond donors (Lipinski definition) is 0. The summed E-state index contributed by atoms with van der Waals surface area (Å²) in [5.74, 6) is 0.318. The normalized spacial score (nSPS) is 31.7. The van der Waals surface area contributed by atoms with Crippen molar-refractivity contribution in [3.05, 3.63) is 12.2 Å². The molecule has 0 bridgehead atoms. The van der Waals surface area contributed by atoms with Crippen molar-refractivity contribution in [2.24, 2.45) is 0 Å². The van der Waals surface area contributed by atoms with Crippen LogP contribution < -0.4 is 0 Å². The number of carbonyl (C=O) groups is 1. The van der Waals surface area contributed by atoms with E-state index in [2.05, 4.69) is 17.9 Å². The molecule has 0 aromatic carbocycles. The molecular formula is C13H21NO. The molecule has 2 rings (SSSR count). The molecule has 1 unspecified atom stereocenters. The third-order valence-electron chi connectivity index (χ3n) is 3.76. The van der Waals surface area contributed by atoms with Gasteiger partial charge in [0.05, 0.1) is 0 Å². The van der Waals surface area contributed by atoms with Crippen LogP contribution in [0.25, 0.3) is 0 Å². The maximum Gasteiger partial charge on any atom is 0.157 e. The van der Waals surface area contributed by atoms with Gasteiger partial charge in [0.1, 0.15) is 0 Å². The van der Waals surface area contributed by atoms with E-state index in [1.807, 2.05) is 0 Å². The number of allylic oxidation sites excluding steroid dienone is 1. The molecule has 1 aliphatic heterocycles. The van der Waals surface area contributed by atoms with Gasteiger partial charge in [-0.25, -0.2) is 0 Å². The van der Waals surface area contributed by atoms with E-state index < -0.39 is 0 Å². The molecule has 84 valence electrons.